The van der Waals surface area contributed by atoms with Gasteiger partial charge in [-0.15, -0.1) is 27.8 Å². The van der Waals surface area contributed by atoms with Crippen molar-refractivity contribution in [2.45, 2.75) is 31.5 Å². The zero-order valence-electron chi connectivity index (χ0n) is 17.5. The number of thioether (sulfide) groups is 1. The summed E-state index contributed by atoms with van der Waals surface area (Å²) in [5.41, 5.74) is 4.12. The number of amides is 1. The Labute approximate surface area is 197 Å². The van der Waals surface area contributed by atoms with Crippen LogP contribution in [0.3, 0.4) is 0 Å². The maximum atomic E-state index is 13.2. The summed E-state index contributed by atoms with van der Waals surface area (Å²) in [7, 11) is 0. The first-order chi connectivity index (χ1) is 15.6. The van der Waals surface area contributed by atoms with Gasteiger partial charge in [0.15, 0.2) is 0 Å². The van der Waals surface area contributed by atoms with Gasteiger partial charge in [-0.3, -0.25) is 4.79 Å². The smallest absolute Gasteiger partial charge is 0.253 e. The highest BCUT2D eigenvalue weighted by atomic mass is 32.2. The Morgan fingerprint density at radius 3 is 2.75 bits per heavy atom. The molecular formula is C22H20N6OS3. The molecule has 0 saturated carbocycles. The molecule has 162 valence electrons. The average molecular weight is 481 g/mol. The number of carbonyl (C=O) groups excluding carboxylic acids is 1. The molecule has 3 aromatic heterocycles. The van der Waals surface area contributed by atoms with E-state index in [2.05, 4.69) is 40.6 Å². The minimum Gasteiger partial charge on any atom is -0.272 e. The molecule has 0 unspecified atom stereocenters. The predicted molar refractivity (Wildman–Crippen MR) is 129 cm³/mol. The van der Waals surface area contributed by atoms with Crippen LogP contribution in [0.25, 0.3) is 5.69 Å². The number of aryl methyl sites for hydroxylation is 2. The third-order valence-electron chi connectivity index (χ3n) is 5.19. The van der Waals surface area contributed by atoms with Crippen LogP contribution in [0.5, 0.6) is 0 Å². The van der Waals surface area contributed by atoms with Crippen molar-refractivity contribution in [1.82, 2.24) is 25.2 Å². The number of carbonyl (C=O) groups is 1. The molecule has 0 radical (unpaired) electrons. The highest BCUT2D eigenvalue weighted by Crippen LogP contribution is 2.36. The van der Waals surface area contributed by atoms with Gasteiger partial charge in [-0.05, 0) is 58.8 Å². The van der Waals surface area contributed by atoms with E-state index in [1.54, 1.807) is 32.4 Å². The number of hydrogen-bond donors (Lipinski definition) is 0. The lowest BCUT2D eigenvalue weighted by Gasteiger charge is -2.20. The lowest BCUT2D eigenvalue weighted by atomic mass is 10.1. The number of nitrogens with zero attached hydrogens (tertiary/aromatic N) is 6. The van der Waals surface area contributed by atoms with Gasteiger partial charge in [-0.1, -0.05) is 41.6 Å². The van der Waals surface area contributed by atoms with Crippen LogP contribution in [0.15, 0.2) is 63.5 Å². The molecule has 1 aromatic carbocycles. The average Bonchev–Trinajstić information content (AvgIpc) is 3.58. The molecule has 0 spiro atoms. The third kappa shape index (κ3) is 4.13. The molecule has 0 bridgehead atoms. The number of thiophene rings is 2. The van der Waals surface area contributed by atoms with Gasteiger partial charge in [0, 0.05) is 11.3 Å². The fraction of sp³-hybridized carbons (Fsp3) is 0.227. The molecular weight excluding hydrogens is 460 g/mol. The molecule has 4 heterocycles. The standard InChI is InChI=1S/C22H20N6OS3/c1-14-7-8-17(15(2)11-14)28-22(23-25-26-28)32-13-21(29)27-18(20-6-4-10-31-20)12-16(24-27)19-5-3-9-30-19/h3-11,18H,12-13H2,1-2H3/t18-/m1/s1. The van der Waals surface area contributed by atoms with Crippen molar-refractivity contribution in [3.8, 4) is 5.69 Å². The Balaban J connectivity index is 1.36. The molecule has 7 nitrogen and oxygen atoms in total. The second kappa shape index (κ2) is 8.97. The summed E-state index contributed by atoms with van der Waals surface area (Å²) in [5, 5.41) is 23.1. The molecule has 0 saturated heterocycles. The molecule has 5 rings (SSSR count). The van der Waals surface area contributed by atoms with Crippen molar-refractivity contribution in [1.29, 1.82) is 0 Å². The topological polar surface area (TPSA) is 76.3 Å². The normalized spacial score (nSPS) is 15.9. The van der Waals surface area contributed by atoms with E-state index in [0.717, 1.165) is 33.1 Å². The number of benzene rings is 1. The second-order valence-corrected chi connectivity index (χ2v) is 10.3. The Morgan fingerprint density at radius 1 is 1.16 bits per heavy atom. The van der Waals surface area contributed by atoms with E-state index in [4.69, 9.17) is 5.10 Å². The minimum atomic E-state index is -0.0736. The first-order valence-electron chi connectivity index (χ1n) is 10.1. The van der Waals surface area contributed by atoms with Crippen LogP contribution in [0.4, 0.5) is 0 Å². The van der Waals surface area contributed by atoms with Crippen molar-refractivity contribution in [3.63, 3.8) is 0 Å². The second-order valence-electron chi connectivity index (χ2n) is 7.45. The molecule has 32 heavy (non-hydrogen) atoms. The van der Waals surface area contributed by atoms with E-state index in [9.17, 15) is 4.79 Å². The van der Waals surface area contributed by atoms with Crippen molar-refractivity contribution in [2.24, 2.45) is 5.10 Å². The number of rotatable bonds is 6. The van der Waals surface area contributed by atoms with Gasteiger partial charge in [-0.2, -0.15) is 9.78 Å². The van der Waals surface area contributed by atoms with Gasteiger partial charge in [0.05, 0.1) is 28.1 Å². The van der Waals surface area contributed by atoms with Gasteiger partial charge in [0.25, 0.3) is 5.91 Å². The van der Waals surface area contributed by atoms with Crippen LogP contribution in [-0.2, 0) is 4.79 Å². The molecule has 0 fully saturated rings. The Kier molecular flexibility index (Phi) is 5.90. The molecule has 0 aliphatic carbocycles. The maximum Gasteiger partial charge on any atom is 0.253 e. The zero-order valence-corrected chi connectivity index (χ0v) is 20.0. The monoisotopic (exact) mass is 480 g/mol. The van der Waals surface area contributed by atoms with Crippen LogP contribution in [0.2, 0.25) is 0 Å². The lowest BCUT2D eigenvalue weighted by molar-refractivity contribution is -0.130. The van der Waals surface area contributed by atoms with Crippen LogP contribution in [0, 0.1) is 13.8 Å². The quantitative estimate of drug-likeness (QED) is 0.368. The van der Waals surface area contributed by atoms with E-state index in [0.29, 0.717) is 5.16 Å². The first-order valence-corrected chi connectivity index (χ1v) is 12.8. The number of hydrazone groups is 1. The van der Waals surface area contributed by atoms with Crippen molar-refractivity contribution < 1.29 is 4.79 Å². The van der Waals surface area contributed by atoms with Gasteiger partial charge >= 0.3 is 0 Å². The Morgan fingerprint density at radius 2 is 2.00 bits per heavy atom. The minimum absolute atomic E-state index is 0.0601. The van der Waals surface area contributed by atoms with E-state index in [1.165, 1.54) is 17.3 Å². The molecule has 1 amide bonds. The molecule has 10 heteroatoms. The number of hydrogen-bond acceptors (Lipinski definition) is 8. The van der Waals surface area contributed by atoms with Gasteiger partial charge in [0.1, 0.15) is 0 Å². The van der Waals surface area contributed by atoms with Gasteiger partial charge in [0.2, 0.25) is 5.16 Å². The SMILES string of the molecule is Cc1ccc(-n2nnnc2SCC(=O)N2N=C(c3cccs3)C[C@@H]2c2cccs2)c(C)c1. The maximum absolute atomic E-state index is 13.2. The fourth-order valence-corrected chi connectivity index (χ4v) is 5.96. The summed E-state index contributed by atoms with van der Waals surface area (Å²) >= 11 is 4.62. The summed E-state index contributed by atoms with van der Waals surface area (Å²) in [4.78, 5) is 15.5. The first kappa shape index (κ1) is 21.0. The number of aromatic nitrogens is 4. The molecule has 0 N–H and O–H groups in total. The van der Waals surface area contributed by atoms with Crippen molar-refractivity contribution in [3.05, 3.63) is 74.1 Å². The molecule has 1 aliphatic heterocycles. The summed E-state index contributed by atoms with van der Waals surface area (Å²) < 4.78 is 1.69. The number of tetrazole rings is 1. The molecule has 4 aromatic rings. The predicted octanol–water partition coefficient (Wildman–Crippen LogP) is 4.87. The zero-order chi connectivity index (χ0) is 22.1. The van der Waals surface area contributed by atoms with Crippen LogP contribution < -0.4 is 0 Å². The summed E-state index contributed by atoms with van der Waals surface area (Å²) in [6.45, 7) is 4.08. The van der Waals surface area contributed by atoms with Crippen LogP contribution >= 0.6 is 34.4 Å². The fourth-order valence-electron chi connectivity index (χ4n) is 3.69. The van der Waals surface area contributed by atoms with Crippen LogP contribution in [-0.4, -0.2) is 42.6 Å². The summed E-state index contributed by atoms with van der Waals surface area (Å²) in [5.74, 6) is 0.143. The highest BCUT2D eigenvalue weighted by Gasteiger charge is 2.34. The summed E-state index contributed by atoms with van der Waals surface area (Å²) in [6, 6.07) is 14.2. The Bertz CT molecular complexity index is 1260. The van der Waals surface area contributed by atoms with E-state index in [-0.39, 0.29) is 17.7 Å². The highest BCUT2D eigenvalue weighted by molar-refractivity contribution is 7.99. The van der Waals surface area contributed by atoms with Crippen molar-refractivity contribution in [2.75, 3.05) is 5.75 Å². The van der Waals surface area contributed by atoms with Gasteiger partial charge in [-0.25, -0.2) is 5.01 Å². The third-order valence-corrected chi connectivity index (χ3v) is 7.99. The molecule has 1 atom stereocenters. The van der Waals surface area contributed by atoms with Crippen molar-refractivity contribution >= 4 is 46.1 Å². The summed E-state index contributed by atoms with van der Waals surface area (Å²) in [6.07, 6.45) is 0.720. The van der Waals surface area contributed by atoms with E-state index < -0.39 is 0 Å². The van der Waals surface area contributed by atoms with Gasteiger partial charge < -0.3 is 0 Å². The Hall–Kier alpha value is -2.82. The van der Waals surface area contributed by atoms with E-state index in [1.807, 2.05) is 41.9 Å². The molecule has 1 aliphatic rings. The largest absolute Gasteiger partial charge is 0.272 e. The lowest BCUT2D eigenvalue weighted by Crippen LogP contribution is -2.28. The van der Waals surface area contributed by atoms with Crippen LogP contribution in [0.1, 0.15) is 33.3 Å². The van der Waals surface area contributed by atoms with E-state index >= 15 is 0 Å².